The number of nitrogens with zero attached hydrogens (tertiary/aromatic N) is 1. The van der Waals surface area contributed by atoms with Gasteiger partial charge in [-0.15, -0.1) is 0 Å². The third-order valence-electron chi connectivity index (χ3n) is 3.73. The molecule has 3 aromatic rings. The first-order valence-corrected chi connectivity index (χ1v) is 8.29. The maximum Gasteiger partial charge on any atom is 0.244 e. The van der Waals surface area contributed by atoms with Gasteiger partial charge in [0.25, 0.3) is 0 Å². The molecule has 0 unspecified atom stereocenters. The Balaban J connectivity index is 1.64. The lowest BCUT2D eigenvalue weighted by molar-refractivity contribution is -0.116. The van der Waals surface area contributed by atoms with Crippen molar-refractivity contribution >= 4 is 34.2 Å². The van der Waals surface area contributed by atoms with Gasteiger partial charge in [0, 0.05) is 42.3 Å². The van der Waals surface area contributed by atoms with Gasteiger partial charge in [-0.3, -0.25) is 4.79 Å². The number of nitrogens with one attached hydrogen (secondary N) is 1. The summed E-state index contributed by atoms with van der Waals surface area (Å²) in [5.41, 5.74) is 2.88. The van der Waals surface area contributed by atoms with E-state index in [0.29, 0.717) is 0 Å². The van der Waals surface area contributed by atoms with Crippen LogP contribution in [-0.4, -0.2) is 22.1 Å². The van der Waals surface area contributed by atoms with Gasteiger partial charge in [-0.05, 0) is 34.5 Å². The van der Waals surface area contributed by atoms with E-state index in [-0.39, 0.29) is 12.5 Å². The molecule has 0 radical (unpaired) electrons. The zero-order chi connectivity index (χ0) is 16.2. The number of hydrogen-bond donors (Lipinski definition) is 2. The number of fused-ring (bicyclic) bond motifs is 1. The highest BCUT2D eigenvalue weighted by Gasteiger charge is 2.14. The summed E-state index contributed by atoms with van der Waals surface area (Å²) in [6.07, 6.45) is 4.41. The van der Waals surface area contributed by atoms with Crippen LogP contribution in [0.2, 0.25) is 0 Å². The van der Waals surface area contributed by atoms with Crippen LogP contribution in [-0.2, 0) is 11.8 Å². The molecular formula is C18H18N2O2S. The maximum absolute atomic E-state index is 11.8. The Morgan fingerprint density at radius 2 is 2.22 bits per heavy atom. The van der Waals surface area contributed by atoms with Crippen LogP contribution >= 0.6 is 11.3 Å². The van der Waals surface area contributed by atoms with Crippen molar-refractivity contribution in [2.24, 2.45) is 7.05 Å². The number of amides is 1. The van der Waals surface area contributed by atoms with E-state index in [1.807, 2.05) is 58.9 Å². The zero-order valence-corrected chi connectivity index (χ0v) is 13.6. The third kappa shape index (κ3) is 3.52. The summed E-state index contributed by atoms with van der Waals surface area (Å²) in [6.45, 7) is 0.181. The topological polar surface area (TPSA) is 54.3 Å². The average molecular weight is 326 g/mol. The monoisotopic (exact) mass is 326 g/mol. The molecule has 4 nitrogen and oxygen atoms in total. The molecule has 0 aliphatic carbocycles. The summed E-state index contributed by atoms with van der Waals surface area (Å²) in [4.78, 5) is 11.8. The lowest BCUT2D eigenvalue weighted by Gasteiger charge is -2.10. The first-order valence-electron chi connectivity index (χ1n) is 7.35. The number of hydrogen-bond acceptors (Lipinski definition) is 3. The molecule has 0 saturated heterocycles. The predicted molar refractivity (Wildman–Crippen MR) is 94.2 cm³/mol. The van der Waals surface area contributed by atoms with Crippen LogP contribution in [0.4, 0.5) is 0 Å². The van der Waals surface area contributed by atoms with Crippen LogP contribution in [0.25, 0.3) is 17.0 Å². The Morgan fingerprint density at radius 1 is 1.39 bits per heavy atom. The average Bonchev–Trinajstić information content (AvgIpc) is 3.19. The number of para-hydroxylation sites is 1. The molecule has 23 heavy (non-hydrogen) atoms. The van der Waals surface area contributed by atoms with Gasteiger partial charge in [-0.1, -0.05) is 18.2 Å². The number of aliphatic hydroxyl groups excluding tert-OH is 1. The molecule has 0 fully saturated rings. The summed E-state index contributed by atoms with van der Waals surface area (Å²) >= 11 is 1.58. The highest BCUT2D eigenvalue weighted by molar-refractivity contribution is 7.08. The van der Waals surface area contributed by atoms with Crippen LogP contribution in [0.3, 0.4) is 0 Å². The highest BCUT2D eigenvalue weighted by atomic mass is 32.1. The minimum absolute atomic E-state index is 0.181. The number of carbonyl (C=O) groups is 1. The maximum atomic E-state index is 11.8. The van der Waals surface area contributed by atoms with E-state index in [9.17, 15) is 9.90 Å². The Kier molecular flexibility index (Phi) is 4.60. The molecule has 2 N–H and O–H groups in total. The molecule has 0 bridgehead atoms. The molecule has 5 heteroatoms. The van der Waals surface area contributed by atoms with Crippen LogP contribution < -0.4 is 5.32 Å². The summed E-state index contributed by atoms with van der Waals surface area (Å²) in [6, 6.07) is 9.84. The minimum atomic E-state index is -0.736. The van der Waals surface area contributed by atoms with Gasteiger partial charge in [-0.25, -0.2) is 0 Å². The standard InChI is InChI=1S/C18H18N2O2S/c1-20-11-15(14-4-2-3-5-16(14)20)17(21)10-19-18(22)7-6-13-8-9-23-12-13/h2-9,11-12,17,21H,10H2,1H3,(H,19,22)/b7-6+/t17-/m0/s1. The Bertz CT molecular complexity index is 834. The van der Waals surface area contributed by atoms with E-state index in [1.165, 1.54) is 6.08 Å². The molecule has 2 heterocycles. The first kappa shape index (κ1) is 15.5. The fraction of sp³-hybridized carbons (Fsp3) is 0.167. The molecule has 0 aliphatic heterocycles. The second kappa shape index (κ2) is 6.81. The van der Waals surface area contributed by atoms with Gasteiger partial charge < -0.3 is 15.0 Å². The zero-order valence-electron chi connectivity index (χ0n) is 12.8. The van der Waals surface area contributed by atoms with Crippen LogP contribution in [0.1, 0.15) is 17.2 Å². The smallest absolute Gasteiger partial charge is 0.244 e. The van der Waals surface area contributed by atoms with Gasteiger partial charge >= 0.3 is 0 Å². The van der Waals surface area contributed by atoms with Crippen molar-refractivity contribution in [3.63, 3.8) is 0 Å². The molecule has 1 aromatic carbocycles. The lowest BCUT2D eigenvalue weighted by atomic mass is 10.1. The van der Waals surface area contributed by atoms with Crippen molar-refractivity contribution in [1.29, 1.82) is 0 Å². The number of thiophene rings is 1. The van der Waals surface area contributed by atoms with Crippen molar-refractivity contribution in [1.82, 2.24) is 9.88 Å². The number of aromatic nitrogens is 1. The molecule has 1 amide bonds. The second-order valence-corrected chi connectivity index (χ2v) is 6.14. The van der Waals surface area contributed by atoms with Crippen molar-refractivity contribution < 1.29 is 9.90 Å². The molecule has 3 rings (SSSR count). The summed E-state index contributed by atoms with van der Waals surface area (Å²) in [5.74, 6) is -0.213. The molecule has 0 aliphatic rings. The SMILES string of the molecule is Cn1cc([C@@H](O)CNC(=O)/C=C/c2ccsc2)c2ccccc21. The fourth-order valence-electron chi connectivity index (χ4n) is 2.55. The van der Waals surface area contributed by atoms with Gasteiger partial charge in [0.15, 0.2) is 0 Å². The van der Waals surface area contributed by atoms with E-state index in [2.05, 4.69) is 5.32 Å². The highest BCUT2D eigenvalue weighted by Crippen LogP contribution is 2.25. The molecular weight excluding hydrogens is 308 g/mol. The van der Waals surface area contributed by atoms with Crippen LogP contribution in [0.15, 0.2) is 53.4 Å². The number of rotatable bonds is 5. The number of aliphatic hydroxyl groups is 1. The molecule has 0 saturated carbocycles. The van der Waals surface area contributed by atoms with E-state index < -0.39 is 6.10 Å². The predicted octanol–water partition coefficient (Wildman–Crippen LogP) is 3.10. The van der Waals surface area contributed by atoms with Crippen molar-refractivity contribution in [3.8, 4) is 0 Å². The molecule has 1 atom stereocenters. The summed E-state index contributed by atoms with van der Waals surface area (Å²) < 4.78 is 1.98. The van der Waals surface area contributed by atoms with Crippen LogP contribution in [0, 0.1) is 0 Å². The largest absolute Gasteiger partial charge is 0.386 e. The number of aryl methyl sites for hydroxylation is 1. The van der Waals surface area contributed by atoms with Gasteiger partial charge in [0.05, 0.1) is 6.10 Å². The van der Waals surface area contributed by atoms with Gasteiger partial charge in [-0.2, -0.15) is 11.3 Å². The van der Waals surface area contributed by atoms with E-state index in [0.717, 1.165) is 22.0 Å². The van der Waals surface area contributed by atoms with Crippen molar-refractivity contribution in [2.45, 2.75) is 6.10 Å². The van der Waals surface area contributed by atoms with Gasteiger partial charge in [0.1, 0.15) is 0 Å². The Morgan fingerprint density at radius 3 is 3.00 bits per heavy atom. The lowest BCUT2D eigenvalue weighted by Crippen LogP contribution is -2.26. The second-order valence-electron chi connectivity index (χ2n) is 5.36. The van der Waals surface area contributed by atoms with Crippen molar-refractivity contribution in [2.75, 3.05) is 6.54 Å². The quantitative estimate of drug-likeness (QED) is 0.708. The first-order chi connectivity index (χ1) is 11.1. The van der Waals surface area contributed by atoms with E-state index in [4.69, 9.17) is 0 Å². The summed E-state index contributed by atoms with van der Waals surface area (Å²) in [5, 5.41) is 18.1. The van der Waals surface area contributed by atoms with E-state index >= 15 is 0 Å². The Labute approximate surface area is 138 Å². The van der Waals surface area contributed by atoms with Gasteiger partial charge in [0.2, 0.25) is 5.91 Å². The molecule has 0 spiro atoms. The normalized spacial score (nSPS) is 12.8. The minimum Gasteiger partial charge on any atom is -0.386 e. The summed E-state index contributed by atoms with van der Waals surface area (Å²) in [7, 11) is 1.95. The van der Waals surface area contributed by atoms with Crippen molar-refractivity contribution in [3.05, 3.63) is 64.5 Å². The number of carbonyl (C=O) groups excluding carboxylic acids is 1. The fourth-order valence-corrected chi connectivity index (χ4v) is 3.17. The third-order valence-corrected chi connectivity index (χ3v) is 4.43. The molecule has 118 valence electrons. The van der Waals surface area contributed by atoms with Crippen LogP contribution in [0.5, 0.6) is 0 Å². The Hall–Kier alpha value is -2.37. The van der Waals surface area contributed by atoms with E-state index in [1.54, 1.807) is 17.4 Å². The molecule has 2 aromatic heterocycles. The number of benzene rings is 1.